The van der Waals surface area contributed by atoms with Crippen LogP contribution in [0.1, 0.15) is 6.42 Å². The van der Waals surface area contributed by atoms with Gasteiger partial charge in [0.05, 0.1) is 6.61 Å². The highest BCUT2D eigenvalue weighted by Gasteiger charge is 2.24. The van der Waals surface area contributed by atoms with Crippen molar-refractivity contribution in [2.24, 2.45) is 5.92 Å². The summed E-state index contributed by atoms with van der Waals surface area (Å²) in [7, 11) is 0. The highest BCUT2D eigenvalue weighted by molar-refractivity contribution is 5.68. The van der Waals surface area contributed by atoms with Gasteiger partial charge in [-0.05, 0) is 6.42 Å². The van der Waals surface area contributed by atoms with Crippen LogP contribution in [0.3, 0.4) is 0 Å². The second kappa shape index (κ2) is 3.31. The second-order valence-corrected chi connectivity index (χ2v) is 3.44. The van der Waals surface area contributed by atoms with Gasteiger partial charge in [0.25, 0.3) is 0 Å². The molecule has 0 spiro atoms. The summed E-state index contributed by atoms with van der Waals surface area (Å²) in [5, 5.41) is 3.14. The van der Waals surface area contributed by atoms with Gasteiger partial charge in [-0.2, -0.15) is 0 Å². The Balaban J connectivity index is 1.61. The van der Waals surface area contributed by atoms with E-state index in [9.17, 15) is 4.79 Å². The molecule has 0 radical (unpaired) electrons. The molecule has 0 atom stereocenters. The highest BCUT2D eigenvalue weighted by atomic mass is 16.6. The molecule has 2 saturated heterocycles. The molecule has 0 aliphatic carbocycles. The van der Waals surface area contributed by atoms with Crippen molar-refractivity contribution in [2.75, 3.05) is 32.8 Å². The van der Waals surface area contributed by atoms with E-state index in [1.165, 1.54) is 0 Å². The van der Waals surface area contributed by atoms with Crippen LogP contribution in [0.25, 0.3) is 0 Å². The fourth-order valence-corrected chi connectivity index (χ4v) is 1.25. The molecule has 0 aromatic carbocycles. The number of hydrogen-bond acceptors (Lipinski definition) is 3. The third-order valence-corrected chi connectivity index (χ3v) is 2.42. The van der Waals surface area contributed by atoms with Crippen LogP contribution in [-0.4, -0.2) is 43.8 Å². The summed E-state index contributed by atoms with van der Waals surface area (Å²) in [5.74, 6) is 0.551. The highest BCUT2D eigenvalue weighted by Crippen LogP contribution is 2.09. The van der Waals surface area contributed by atoms with Gasteiger partial charge < -0.3 is 15.0 Å². The molecule has 0 unspecified atom stereocenters. The van der Waals surface area contributed by atoms with Crippen LogP contribution in [0.2, 0.25) is 0 Å². The molecule has 4 nitrogen and oxygen atoms in total. The number of amides is 1. The minimum atomic E-state index is -0.131. The number of hydrogen-bond donors (Lipinski definition) is 1. The summed E-state index contributed by atoms with van der Waals surface area (Å²) in [5.41, 5.74) is 0. The van der Waals surface area contributed by atoms with E-state index in [1.807, 2.05) is 0 Å². The van der Waals surface area contributed by atoms with Gasteiger partial charge in [-0.25, -0.2) is 4.79 Å². The monoisotopic (exact) mass is 170 g/mol. The normalized spacial score (nSPS) is 22.8. The molecule has 0 bridgehead atoms. The smallest absolute Gasteiger partial charge is 0.409 e. The fourth-order valence-electron chi connectivity index (χ4n) is 1.25. The Morgan fingerprint density at radius 3 is 2.67 bits per heavy atom. The van der Waals surface area contributed by atoms with E-state index in [0.717, 1.165) is 32.6 Å². The van der Waals surface area contributed by atoms with E-state index in [0.29, 0.717) is 12.5 Å². The molecule has 68 valence electrons. The Labute approximate surface area is 71.9 Å². The van der Waals surface area contributed by atoms with Crippen molar-refractivity contribution in [3.8, 4) is 0 Å². The van der Waals surface area contributed by atoms with Crippen molar-refractivity contribution in [1.29, 1.82) is 0 Å². The average molecular weight is 170 g/mol. The first-order chi connectivity index (χ1) is 5.86. The Morgan fingerprint density at radius 1 is 1.50 bits per heavy atom. The number of nitrogens with one attached hydrogen (secondary N) is 1. The van der Waals surface area contributed by atoms with Crippen LogP contribution in [0, 0.1) is 5.92 Å². The first-order valence-electron chi connectivity index (χ1n) is 4.48. The molecule has 1 N–H and O–H groups in total. The number of carbonyl (C=O) groups excluding carboxylic acids is 1. The number of likely N-dealkylation sites (tertiary alicyclic amines) is 1. The zero-order valence-electron chi connectivity index (χ0n) is 7.08. The lowest BCUT2D eigenvalue weighted by atomic mass is 10.1. The van der Waals surface area contributed by atoms with Gasteiger partial charge in [0.1, 0.15) is 0 Å². The van der Waals surface area contributed by atoms with Gasteiger partial charge in [0.2, 0.25) is 0 Å². The predicted molar refractivity (Wildman–Crippen MR) is 43.9 cm³/mol. The lowest BCUT2D eigenvalue weighted by Gasteiger charge is -2.32. The maximum Gasteiger partial charge on any atom is 0.409 e. The van der Waals surface area contributed by atoms with Crippen LogP contribution < -0.4 is 5.32 Å². The zero-order valence-corrected chi connectivity index (χ0v) is 7.08. The molecule has 2 rings (SSSR count). The van der Waals surface area contributed by atoms with Crippen LogP contribution in [0.5, 0.6) is 0 Å². The number of carbonyl (C=O) groups is 1. The molecule has 0 aromatic rings. The molecule has 2 fully saturated rings. The van der Waals surface area contributed by atoms with Crippen molar-refractivity contribution in [2.45, 2.75) is 6.42 Å². The molecule has 2 aliphatic heterocycles. The molecule has 1 amide bonds. The second-order valence-electron chi connectivity index (χ2n) is 3.44. The van der Waals surface area contributed by atoms with E-state index >= 15 is 0 Å². The van der Waals surface area contributed by atoms with E-state index in [4.69, 9.17) is 4.74 Å². The average Bonchev–Trinajstić information content (AvgIpc) is 1.79. The van der Waals surface area contributed by atoms with Crippen molar-refractivity contribution in [3.05, 3.63) is 0 Å². The van der Waals surface area contributed by atoms with E-state index in [1.54, 1.807) is 4.90 Å². The standard InChI is InChI=1S/C8H14N2O2/c11-8(10-2-1-3-10)12-6-7-4-9-5-7/h7,9H,1-6H2. The maximum absolute atomic E-state index is 11.2. The van der Waals surface area contributed by atoms with Gasteiger partial charge in [0, 0.05) is 32.1 Å². The summed E-state index contributed by atoms with van der Waals surface area (Å²) in [6, 6.07) is 0. The third-order valence-electron chi connectivity index (χ3n) is 2.42. The topological polar surface area (TPSA) is 41.6 Å². The molecule has 4 heteroatoms. The van der Waals surface area contributed by atoms with Crippen LogP contribution in [-0.2, 0) is 4.74 Å². The van der Waals surface area contributed by atoms with Gasteiger partial charge in [-0.1, -0.05) is 0 Å². The van der Waals surface area contributed by atoms with E-state index in [-0.39, 0.29) is 6.09 Å². The van der Waals surface area contributed by atoms with Gasteiger partial charge in [-0.3, -0.25) is 0 Å². The lowest BCUT2D eigenvalue weighted by molar-refractivity contribution is 0.0608. The molecular weight excluding hydrogens is 156 g/mol. The number of rotatable bonds is 2. The minimum Gasteiger partial charge on any atom is -0.449 e. The molecule has 0 aromatic heterocycles. The molecular formula is C8H14N2O2. The Kier molecular flexibility index (Phi) is 2.17. The quantitative estimate of drug-likeness (QED) is 0.636. The van der Waals surface area contributed by atoms with Crippen molar-refractivity contribution < 1.29 is 9.53 Å². The summed E-state index contributed by atoms with van der Waals surface area (Å²) in [6.07, 6.45) is 0.994. The lowest BCUT2D eigenvalue weighted by Crippen LogP contribution is -2.47. The SMILES string of the molecule is O=C(OCC1CNC1)N1CCC1. The Hall–Kier alpha value is -0.770. The molecule has 12 heavy (non-hydrogen) atoms. The molecule has 2 heterocycles. The first-order valence-corrected chi connectivity index (χ1v) is 4.48. The van der Waals surface area contributed by atoms with Crippen molar-refractivity contribution in [1.82, 2.24) is 10.2 Å². The maximum atomic E-state index is 11.2. The minimum absolute atomic E-state index is 0.131. The Bertz CT molecular complexity index is 176. The first kappa shape index (κ1) is 7.86. The van der Waals surface area contributed by atoms with Crippen LogP contribution >= 0.6 is 0 Å². The largest absolute Gasteiger partial charge is 0.449 e. The fraction of sp³-hybridized carbons (Fsp3) is 0.875. The van der Waals surface area contributed by atoms with E-state index < -0.39 is 0 Å². The summed E-state index contributed by atoms with van der Waals surface area (Å²) in [4.78, 5) is 12.9. The van der Waals surface area contributed by atoms with Crippen molar-refractivity contribution in [3.63, 3.8) is 0 Å². The van der Waals surface area contributed by atoms with Crippen molar-refractivity contribution >= 4 is 6.09 Å². The van der Waals surface area contributed by atoms with E-state index in [2.05, 4.69) is 5.32 Å². The summed E-state index contributed by atoms with van der Waals surface area (Å²) >= 11 is 0. The van der Waals surface area contributed by atoms with Crippen LogP contribution in [0.15, 0.2) is 0 Å². The summed E-state index contributed by atoms with van der Waals surface area (Å²) < 4.78 is 5.10. The van der Waals surface area contributed by atoms with Gasteiger partial charge in [0.15, 0.2) is 0 Å². The molecule has 0 saturated carbocycles. The van der Waals surface area contributed by atoms with Gasteiger partial charge >= 0.3 is 6.09 Å². The van der Waals surface area contributed by atoms with Gasteiger partial charge in [-0.15, -0.1) is 0 Å². The summed E-state index contributed by atoms with van der Waals surface area (Å²) in [6.45, 7) is 4.33. The predicted octanol–water partition coefficient (Wildman–Crippen LogP) is 0.0481. The Morgan fingerprint density at radius 2 is 2.25 bits per heavy atom. The third kappa shape index (κ3) is 1.53. The molecule has 2 aliphatic rings. The van der Waals surface area contributed by atoms with Crippen LogP contribution in [0.4, 0.5) is 4.79 Å². The number of ether oxygens (including phenoxy) is 1. The zero-order chi connectivity index (χ0) is 8.39. The number of nitrogens with zero attached hydrogens (tertiary/aromatic N) is 1.